The summed E-state index contributed by atoms with van der Waals surface area (Å²) in [7, 11) is 0. The van der Waals surface area contributed by atoms with Gasteiger partial charge in [0.05, 0.1) is 11.0 Å². The first-order valence-electron chi connectivity index (χ1n) is 5.64. The summed E-state index contributed by atoms with van der Waals surface area (Å²) in [5.74, 6) is 0.346. The van der Waals surface area contributed by atoms with Crippen molar-refractivity contribution in [2.24, 2.45) is 0 Å². The van der Waals surface area contributed by atoms with E-state index in [1.54, 1.807) is 24.3 Å². The molecule has 0 atom stereocenters. The second-order valence-electron chi connectivity index (χ2n) is 4.06. The molecule has 2 aromatic heterocycles. The van der Waals surface area contributed by atoms with Crippen LogP contribution in [0.4, 0.5) is 11.5 Å². The second-order valence-corrected chi connectivity index (χ2v) is 4.06. The van der Waals surface area contributed by atoms with Gasteiger partial charge in [0.2, 0.25) is 0 Å². The molecule has 0 aliphatic rings. The van der Waals surface area contributed by atoms with E-state index >= 15 is 0 Å². The average Bonchev–Trinajstić information content (AvgIpc) is 2.77. The largest absolute Gasteiger partial charge is 0.347 e. The monoisotopic (exact) mass is 268 g/mol. The molecule has 0 aliphatic heterocycles. The Morgan fingerprint density at radius 1 is 1.10 bits per heavy atom. The molecule has 2 heterocycles. The highest BCUT2D eigenvalue weighted by Gasteiger charge is 2.03. The number of aromatic amines is 3. The van der Waals surface area contributed by atoms with Gasteiger partial charge >= 0.3 is 11.4 Å². The fourth-order valence-corrected chi connectivity index (χ4v) is 1.85. The van der Waals surface area contributed by atoms with Gasteiger partial charge in [0.1, 0.15) is 17.6 Å². The molecule has 8 heteroatoms. The van der Waals surface area contributed by atoms with Gasteiger partial charge in [0, 0.05) is 11.8 Å². The van der Waals surface area contributed by atoms with Crippen molar-refractivity contribution in [2.45, 2.75) is 0 Å². The highest BCUT2D eigenvalue weighted by molar-refractivity contribution is 5.79. The van der Waals surface area contributed by atoms with Crippen LogP contribution < -0.4 is 16.7 Å². The van der Waals surface area contributed by atoms with Crippen LogP contribution in [0.5, 0.6) is 0 Å². The number of nitrogens with zero attached hydrogens (tertiary/aromatic N) is 2. The minimum atomic E-state index is -0.609. The molecule has 0 bridgehead atoms. The summed E-state index contributed by atoms with van der Waals surface area (Å²) in [4.78, 5) is 33.6. The van der Waals surface area contributed by atoms with E-state index in [0.29, 0.717) is 22.5 Å². The summed E-state index contributed by atoms with van der Waals surface area (Å²) >= 11 is 0. The van der Waals surface area contributed by atoms with Gasteiger partial charge in [-0.2, -0.15) is 10.2 Å². The molecule has 0 unspecified atom stereocenters. The van der Waals surface area contributed by atoms with Crippen molar-refractivity contribution in [3.05, 3.63) is 50.9 Å². The van der Waals surface area contributed by atoms with E-state index in [1.807, 2.05) is 0 Å². The van der Waals surface area contributed by atoms with Crippen LogP contribution in [0, 0.1) is 11.3 Å². The third-order valence-electron chi connectivity index (χ3n) is 2.65. The molecule has 0 saturated carbocycles. The maximum absolute atomic E-state index is 11.3. The molecule has 0 fully saturated rings. The van der Waals surface area contributed by atoms with E-state index in [4.69, 9.17) is 5.26 Å². The Morgan fingerprint density at radius 3 is 2.70 bits per heavy atom. The van der Waals surface area contributed by atoms with Crippen molar-refractivity contribution in [1.82, 2.24) is 19.9 Å². The maximum atomic E-state index is 11.3. The first kappa shape index (κ1) is 11.7. The van der Waals surface area contributed by atoms with Gasteiger partial charge in [-0.25, -0.2) is 9.59 Å². The fourth-order valence-electron chi connectivity index (χ4n) is 1.85. The Bertz CT molecular complexity index is 943. The molecule has 8 nitrogen and oxygen atoms in total. The lowest BCUT2D eigenvalue weighted by molar-refractivity contribution is 1.06. The van der Waals surface area contributed by atoms with Crippen LogP contribution in [0.15, 0.2) is 33.9 Å². The van der Waals surface area contributed by atoms with E-state index in [1.165, 1.54) is 6.07 Å². The summed E-state index contributed by atoms with van der Waals surface area (Å²) in [6.07, 6.45) is 0. The molecule has 20 heavy (non-hydrogen) atoms. The molecule has 3 aromatic rings. The number of fused-ring (bicyclic) bond motifs is 1. The van der Waals surface area contributed by atoms with Gasteiger partial charge in [0.15, 0.2) is 0 Å². The molecular formula is C12H8N6O2. The van der Waals surface area contributed by atoms with E-state index in [-0.39, 0.29) is 11.4 Å². The number of nitriles is 1. The highest BCUT2D eigenvalue weighted by atomic mass is 16.1. The van der Waals surface area contributed by atoms with Crippen LogP contribution in [-0.2, 0) is 0 Å². The number of aromatic nitrogens is 4. The van der Waals surface area contributed by atoms with Crippen molar-refractivity contribution in [2.75, 3.05) is 5.32 Å². The third kappa shape index (κ3) is 2.15. The summed E-state index contributed by atoms with van der Waals surface area (Å²) in [6, 6.07) is 8.39. The molecule has 0 spiro atoms. The van der Waals surface area contributed by atoms with E-state index in [2.05, 4.69) is 25.3 Å². The van der Waals surface area contributed by atoms with Crippen LogP contribution in [0.1, 0.15) is 5.69 Å². The van der Waals surface area contributed by atoms with Crippen molar-refractivity contribution in [1.29, 1.82) is 5.26 Å². The summed E-state index contributed by atoms with van der Waals surface area (Å²) in [6.45, 7) is 0. The molecule has 3 rings (SSSR count). The van der Waals surface area contributed by atoms with Gasteiger partial charge < -0.3 is 15.3 Å². The van der Waals surface area contributed by atoms with Gasteiger partial charge in [-0.1, -0.05) is 0 Å². The Balaban J connectivity index is 2.00. The molecule has 0 saturated heterocycles. The van der Waals surface area contributed by atoms with Crippen molar-refractivity contribution >= 4 is 22.5 Å². The van der Waals surface area contributed by atoms with E-state index < -0.39 is 5.69 Å². The van der Waals surface area contributed by atoms with Gasteiger partial charge in [0.25, 0.3) is 0 Å². The molecule has 0 radical (unpaired) electrons. The first-order valence-corrected chi connectivity index (χ1v) is 5.64. The van der Waals surface area contributed by atoms with E-state index in [0.717, 1.165) is 0 Å². The molecular weight excluding hydrogens is 260 g/mol. The number of benzene rings is 1. The van der Waals surface area contributed by atoms with Crippen molar-refractivity contribution < 1.29 is 0 Å². The minimum Gasteiger partial charge on any atom is -0.342 e. The van der Waals surface area contributed by atoms with Crippen LogP contribution in [-0.4, -0.2) is 19.9 Å². The number of anilines is 2. The summed E-state index contributed by atoms with van der Waals surface area (Å²) in [5, 5.41) is 11.7. The van der Waals surface area contributed by atoms with Crippen molar-refractivity contribution in [3.8, 4) is 6.07 Å². The third-order valence-corrected chi connectivity index (χ3v) is 2.65. The highest BCUT2D eigenvalue weighted by Crippen LogP contribution is 2.18. The lowest BCUT2D eigenvalue weighted by Crippen LogP contribution is -2.13. The lowest BCUT2D eigenvalue weighted by Gasteiger charge is -2.05. The lowest BCUT2D eigenvalue weighted by atomic mass is 10.2. The molecule has 98 valence electrons. The smallest absolute Gasteiger partial charge is 0.342 e. The summed E-state index contributed by atoms with van der Waals surface area (Å²) in [5.41, 5.74) is 1.09. The number of H-pyrrole nitrogens is 3. The first-order chi connectivity index (χ1) is 9.64. The van der Waals surface area contributed by atoms with E-state index in [9.17, 15) is 9.59 Å². The molecule has 4 N–H and O–H groups in total. The Morgan fingerprint density at radius 2 is 1.90 bits per heavy atom. The maximum Gasteiger partial charge on any atom is 0.347 e. The van der Waals surface area contributed by atoms with Gasteiger partial charge in [-0.15, -0.1) is 0 Å². The zero-order chi connectivity index (χ0) is 14.1. The molecule has 0 amide bonds. The van der Waals surface area contributed by atoms with Crippen LogP contribution in [0.2, 0.25) is 0 Å². The van der Waals surface area contributed by atoms with Crippen LogP contribution in [0.3, 0.4) is 0 Å². The normalized spacial score (nSPS) is 10.3. The predicted molar refractivity (Wildman–Crippen MR) is 71.8 cm³/mol. The Labute approximate surface area is 111 Å². The zero-order valence-electron chi connectivity index (χ0n) is 10.0. The SMILES string of the molecule is N#Cc1cc(Nc2ccc3[nH]c(=O)[nH]c3c2)[nH]c(=O)n1. The number of hydrogen-bond donors (Lipinski definition) is 4. The van der Waals surface area contributed by atoms with Gasteiger partial charge in [-0.05, 0) is 18.2 Å². The number of rotatable bonds is 2. The second kappa shape index (κ2) is 4.40. The van der Waals surface area contributed by atoms with Crippen LogP contribution in [0.25, 0.3) is 11.0 Å². The molecule has 1 aromatic carbocycles. The number of hydrogen-bond acceptors (Lipinski definition) is 5. The standard InChI is InChI=1S/C12H8N6O2/c13-5-7-4-10(18-11(19)15-7)14-6-1-2-8-9(3-6)17-12(20)16-8/h1-4H,(H2,16,17,20)(H2,14,15,18,19). The van der Waals surface area contributed by atoms with Crippen molar-refractivity contribution in [3.63, 3.8) is 0 Å². The Kier molecular flexibility index (Phi) is 2.58. The Hall–Kier alpha value is -3.34. The fraction of sp³-hybridized carbons (Fsp3) is 0. The number of imidazole rings is 1. The summed E-state index contributed by atoms with van der Waals surface area (Å²) < 4.78 is 0. The molecule has 0 aliphatic carbocycles. The van der Waals surface area contributed by atoms with Gasteiger partial charge in [-0.3, -0.25) is 4.98 Å². The average molecular weight is 268 g/mol. The predicted octanol–water partition coefficient (Wildman–Crippen LogP) is 0.555. The number of nitrogens with one attached hydrogen (secondary N) is 4. The topological polar surface area (TPSA) is 130 Å². The zero-order valence-corrected chi connectivity index (χ0v) is 10.0. The van der Waals surface area contributed by atoms with Crippen LogP contribution >= 0.6 is 0 Å². The quantitative estimate of drug-likeness (QED) is 0.539. The minimum absolute atomic E-state index is 0.0207.